The van der Waals surface area contributed by atoms with E-state index in [1.807, 2.05) is 49.4 Å². The summed E-state index contributed by atoms with van der Waals surface area (Å²) in [6.07, 6.45) is 1.78. The highest BCUT2D eigenvalue weighted by molar-refractivity contribution is 6.31. The lowest BCUT2D eigenvalue weighted by Crippen LogP contribution is -2.27. The van der Waals surface area contributed by atoms with Gasteiger partial charge in [0.2, 0.25) is 0 Å². The van der Waals surface area contributed by atoms with Crippen molar-refractivity contribution in [3.05, 3.63) is 77.3 Å². The molecule has 3 N–H and O–H groups in total. The van der Waals surface area contributed by atoms with Crippen LogP contribution in [0.2, 0.25) is 5.02 Å². The molecular formula is C20H17ClN4O. The lowest BCUT2D eigenvalue weighted by atomic mass is 10.2. The quantitative estimate of drug-likeness (QED) is 0.491. The fourth-order valence-electron chi connectivity index (χ4n) is 2.89. The summed E-state index contributed by atoms with van der Waals surface area (Å²) in [6.45, 7) is 1.89. The second kappa shape index (κ2) is 6.69. The number of nitrogens with one attached hydrogen (secondary N) is 3. The molecule has 4 rings (SSSR count). The van der Waals surface area contributed by atoms with Gasteiger partial charge in [-0.25, -0.2) is 4.98 Å². The zero-order valence-electron chi connectivity index (χ0n) is 14.1. The molecule has 4 aromatic rings. The van der Waals surface area contributed by atoms with Crippen LogP contribution in [0.5, 0.6) is 0 Å². The van der Waals surface area contributed by atoms with Gasteiger partial charge >= 0.3 is 0 Å². The largest absolute Gasteiger partial charge is 0.350 e. The summed E-state index contributed by atoms with van der Waals surface area (Å²) < 4.78 is 0. The van der Waals surface area contributed by atoms with Gasteiger partial charge in [0.05, 0.1) is 17.9 Å². The first-order valence-electron chi connectivity index (χ1n) is 8.29. The van der Waals surface area contributed by atoms with Crippen molar-refractivity contribution in [1.29, 1.82) is 0 Å². The second-order valence-electron chi connectivity index (χ2n) is 6.16. The van der Waals surface area contributed by atoms with Gasteiger partial charge in [-0.2, -0.15) is 0 Å². The molecule has 26 heavy (non-hydrogen) atoms. The van der Waals surface area contributed by atoms with Crippen molar-refractivity contribution in [3.8, 4) is 11.3 Å². The first-order valence-corrected chi connectivity index (χ1v) is 8.67. The van der Waals surface area contributed by atoms with E-state index in [1.165, 1.54) is 0 Å². The highest BCUT2D eigenvalue weighted by atomic mass is 35.5. The van der Waals surface area contributed by atoms with Gasteiger partial charge < -0.3 is 15.3 Å². The Bertz CT molecular complexity index is 1070. The monoisotopic (exact) mass is 364 g/mol. The van der Waals surface area contributed by atoms with E-state index < -0.39 is 0 Å². The lowest BCUT2D eigenvalue weighted by Gasteiger charge is -2.10. The van der Waals surface area contributed by atoms with Gasteiger partial charge in [-0.05, 0) is 30.7 Å². The molecular weight excluding hydrogens is 348 g/mol. The van der Waals surface area contributed by atoms with Crippen molar-refractivity contribution in [2.24, 2.45) is 0 Å². The van der Waals surface area contributed by atoms with Gasteiger partial charge in [0.15, 0.2) is 0 Å². The molecule has 0 radical (unpaired) electrons. The standard InChI is InChI=1S/C20H17ClN4O/c1-12(19-22-11-18(25-19)13-5-3-2-4-6-13)23-20(26)17-9-14-7-8-15(21)10-16(14)24-17/h2-12,24H,1H3,(H,22,25)(H,23,26). The van der Waals surface area contributed by atoms with Gasteiger partial charge in [-0.15, -0.1) is 0 Å². The van der Waals surface area contributed by atoms with E-state index >= 15 is 0 Å². The van der Waals surface area contributed by atoms with Crippen LogP contribution in [-0.4, -0.2) is 20.9 Å². The van der Waals surface area contributed by atoms with Crippen LogP contribution in [0.4, 0.5) is 0 Å². The van der Waals surface area contributed by atoms with E-state index in [-0.39, 0.29) is 11.9 Å². The van der Waals surface area contributed by atoms with Crippen LogP contribution in [0.25, 0.3) is 22.2 Å². The third kappa shape index (κ3) is 3.21. The molecule has 0 aliphatic heterocycles. The average Bonchev–Trinajstić information content (AvgIpc) is 3.29. The molecule has 0 saturated carbocycles. The minimum atomic E-state index is -0.255. The van der Waals surface area contributed by atoms with Crippen molar-refractivity contribution < 1.29 is 4.79 Å². The fourth-order valence-corrected chi connectivity index (χ4v) is 3.06. The Kier molecular flexibility index (Phi) is 4.22. The first-order chi connectivity index (χ1) is 12.6. The molecule has 0 bridgehead atoms. The molecule has 2 heterocycles. The van der Waals surface area contributed by atoms with E-state index in [9.17, 15) is 4.79 Å². The summed E-state index contributed by atoms with van der Waals surface area (Å²) in [6, 6.07) is 17.0. The Morgan fingerprint density at radius 1 is 1.12 bits per heavy atom. The summed E-state index contributed by atoms with van der Waals surface area (Å²) in [5, 5.41) is 4.53. The van der Waals surface area contributed by atoms with Crippen LogP contribution in [-0.2, 0) is 0 Å². The van der Waals surface area contributed by atoms with E-state index in [2.05, 4.69) is 20.3 Å². The predicted octanol–water partition coefficient (Wildman–Crippen LogP) is 4.70. The molecule has 1 unspecified atom stereocenters. The Morgan fingerprint density at radius 2 is 1.92 bits per heavy atom. The first kappa shape index (κ1) is 16.4. The van der Waals surface area contributed by atoms with Crippen LogP contribution in [0.15, 0.2) is 60.8 Å². The number of benzene rings is 2. The van der Waals surface area contributed by atoms with Crippen molar-refractivity contribution in [2.45, 2.75) is 13.0 Å². The topological polar surface area (TPSA) is 73.6 Å². The molecule has 1 amide bonds. The summed E-state index contributed by atoms with van der Waals surface area (Å²) in [5.41, 5.74) is 3.29. The maximum absolute atomic E-state index is 12.5. The average molecular weight is 365 g/mol. The number of hydrogen-bond donors (Lipinski definition) is 3. The lowest BCUT2D eigenvalue weighted by molar-refractivity contribution is 0.0934. The number of amides is 1. The maximum atomic E-state index is 12.5. The second-order valence-corrected chi connectivity index (χ2v) is 6.59. The van der Waals surface area contributed by atoms with E-state index in [0.29, 0.717) is 16.5 Å². The molecule has 130 valence electrons. The number of nitrogens with zero attached hydrogens (tertiary/aromatic N) is 1. The predicted molar refractivity (Wildman–Crippen MR) is 103 cm³/mol. The molecule has 2 aromatic carbocycles. The molecule has 6 heteroatoms. The molecule has 0 fully saturated rings. The number of H-pyrrole nitrogens is 2. The number of aromatic nitrogens is 3. The van der Waals surface area contributed by atoms with Crippen LogP contribution >= 0.6 is 11.6 Å². The summed E-state index contributed by atoms with van der Waals surface area (Å²) in [5.74, 6) is 0.513. The highest BCUT2D eigenvalue weighted by Crippen LogP contribution is 2.21. The fraction of sp³-hybridized carbons (Fsp3) is 0.100. The van der Waals surface area contributed by atoms with Crippen LogP contribution in [0, 0.1) is 0 Å². The number of imidazole rings is 1. The number of carbonyl (C=O) groups excluding carboxylic acids is 1. The third-order valence-electron chi connectivity index (χ3n) is 4.27. The summed E-state index contributed by atoms with van der Waals surface area (Å²) >= 11 is 5.99. The van der Waals surface area contributed by atoms with Crippen LogP contribution in [0.1, 0.15) is 29.3 Å². The zero-order chi connectivity index (χ0) is 18.1. The highest BCUT2D eigenvalue weighted by Gasteiger charge is 2.16. The van der Waals surface area contributed by atoms with E-state index in [1.54, 1.807) is 18.3 Å². The minimum absolute atomic E-state index is 0.192. The molecule has 0 saturated heterocycles. The molecule has 5 nitrogen and oxygen atoms in total. The Labute approximate surface area is 155 Å². The number of halogens is 1. The third-order valence-corrected chi connectivity index (χ3v) is 4.50. The molecule has 2 aromatic heterocycles. The van der Waals surface area contributed by atoms with Crippen molar-refractivity contribution in [2.75, 3.05) is 0 Å². The van der Waals surface area contributed by atoms with E-state index in [4.69, 9.17) is 11.6 Å². The Balaban J connectivity index is 1.51. The number of carbonyl (C=O) groups is 1. The van der Waals surface area contributed by atoms with Gasteiger partial charge in [0.25, 0.3) is 5.91 Å². The van der Waals surface area contributed by atoms with E-state index in [0.717, 1.165) is 22.2 Å². The summed E-state index contributed by atoms with van der Waals surface area (Å²) in [7, 11) is 0. The Morgan fingerprint density at radius 3 is 2.73 bits per heavy atom. The molecule has 0 aliphatic rings. The number of hydrogen-bond acceptors (Lipinski definition) is 2. The van der Waals surface area contributed by atoms with Crippen molar-refractivity contribution in [3.63, 3.8) is 0 Å². The van der Waals surface area contributed by atoms with Crippen LogP contribution in [0.3, 0.4) is 0 Å². The van der Waals surface area contributed by atoms with Gasteiger partial charge in [-0.1, -0.05) is 48.0 Å². The van der Waals surface area contributed by atoms with Gasteiger partial charge in [-0.3, -0.25) is 4.79 Å². The number of rotatable bonds is 4. The molecule has 1 atom stereocenters. The van der Waals surface area contributed by atoms with Gasteiger partial charge in [0.1, 0.15) is 11.5 Å². The normalized spacial score (nSPS) is 12.2. The van der Waals surface area contributed by atoms with Crippen LogP contribution < -0.4 is 5.32 Å². The molecule has 0 spiro atoms. The van der Waals surface area contributed by atoms with Crippen molar-refractivity contribution in [1.82, 2.24) is 20.3 Å². The smallest absolute Gasteiger partial charge is 0.268 e. The summed E-state index contributed by atoms with van der Waals surface area (Å²) in [4.78, 5) is 23.3. The van der Waals surface area contributed by atoms with Gasteiger partial charge in [0, 0.05) is 15.9 Å². The number of fused-ring (bicyclic) bond motifs is 1. The maximum Gasteiger partial charge on any atom is 0.268 e. The minimum Gasteiger partial charge on any atom is -0.350 e. The Hall–Kier alpha value is -3.05. The SMILES string of the molecule is CC(NC(=O)c1cc2ccc(Cl)cc2[nH]1)c1ncc(-c2ccccc2)[nH]1. The zero-order valence-corrected chi connectivity index (χ0v) is 14.8. The van der Waals surface area contributed by atoms with Crippen molar-refractivity contribution >= 4 is 28.4 Å². The molecule has 0 aliphatic carbocycles. The number of aromatic amines is 2.